The number of aryl methyl sites for hydroxylation is 1. The van der Waals surface area contributed by atoms with Crippen LogP contribution in [0.2, 0.25) is 0 Å². The van der Waals surface area contributed by atoms with Gasteiger partial charge in [0.15, 0.2) is 0 Å². The van der Waals surface area contributed by atoms with E-state index >= 15 is 0 Å². The Morgan fingerprint density at radius 3 is 2.42 bits per heavy atom. The van der Waals surface area contributed by atoms with Crippen LogP contribution in [0, 0.1) is 19.3 Å². The lowest BCUT2D eigenvalue weighted by molar-refractivity contribution is -0.119. The molecule has 3 heterocycles. The van der Waals surface area contributed by atoms with Crippen LogP contribution in [0.15, 0.2) is 24.3 Å². The Morgan fingerprint density at radius 1 is 1.06 bits per heavy atom. The number of hydrogen-bond donors (Lipinski definition) is 1. The molecular formula is C27H39N7O2. The van der Waals surface area contributed by atoms with Crippen molar-refractivity contribution < 1.29 is 9.59 Å². The summed E-state index contributed by atoms with van der Waals surface area (Å²) in [5, 5.41) is 7.33. The van der Waals surface area contributed by atoms with Gasteiger partial charge in [-0.25, -0.2) is 4.98 Å². The Balaban J connectivity index is 1.42. The van der Waals surface area contributed by atoms with E-state index in [0.29, 0.717) is 31.7 Å². The summed E-state index contributed by atoms with van der Waals surface area (Å²) in [6.45, 7) is 17.7. The van der Waals surface area contributed by atoms with Gasteiger partial charge in [-0.15, -0.1) is 0 Å². The molecule has 3 aromatic rings. The number of nitrogens with zero attached hydrogens (tertiary/aromatic N) is 6. The number of imidazole rings is 1. The third-order valence-electron chi connectivity index (χ3n) is 6.68. The molecule has 4 rings (SSSR count). The number of hydrogen-bond acceptors (Lipinski definition) is 5. The molecule has 1 aromatic carbocycles. The number of carbonyl (C=O) groups excluding carboxylic acids is 2. The predicted molar refractivity (Wildman–Crippen MR) is 141 cm³/mol. The van der Waals surface area contributed by atoms with Gasteiger partial charge in [-0.2, -0.15) is 5.10 Å². The van der Waals surface area contributed by atoms with E-state index in [1.807, 2.05) is 29.5 Å². The van der Waals surface area contributed by atoms with Crippen LogP contribution in [-0.2, 0) is 24.4 Å². The number of amides is 2. The van der Waals surface area contributed by atoms with Crippen LogP contribution in [0.25, 0.3) is 11.0 Å². The van der Waals surface area contributed by atoms with Gasteiger partial charge in [-0.1, -0.05) is 32.9 Å². The molecule has 36 heavy (non-hydrogen) atoms. The van der Waals surface area contributed by atoms with Crippen molar-refractivity contribution in [2.45, 2.75) is 61.2 Å². The second-order valence-electron chi connectivity index (χ2n) is 11.0. The molecule has 0 saturated carbocycles. The predicted octanol–water partition coefficient (Wildman–Crippen LogP) is 2.99. The molecule has 0 unspecified atom stereocenters. The quantitative estimate of drug-likeness (QED) is 0.547. The summed E-state index contributed by atoms with van der Waals surface area (Å²) >= 11 is 0. The first-order valence-electron chi connectivity index (χ1n) is 12.8. The summed E-state index contributed by atoms with van der Waals surface area (Å²) in [6.07, 6.45) is 0. The van der Waals surface area contributed by atoms with E-state index in [9.17, 15) is 9.59 Å². The first-order chi connectivity index (χ1) is 17.0. The third kappa shape index (κ3) is 5.78. The van der Waals surface area contributed by atoms with Gasteiger partial charge in [-0.05, 0) is 31.4 Å². The Morgan fingerprint density at radius 2 is 1.75 bits per heavy atom. The van der Waals surface area contributed by atoms with Crippen LogP contribution < -0.4 is 5.32 Å². The normalized spacial score (nSPS) is 15.0. The molecule has 0 atom stereocenters. The van der Waals surface area contributed by atoms with E-state index in [1.165, 1.54) is 12.4 Å². The minimum Gasteiger partial charge on any atom is -0.354 e. The molecule has 0 radical (unpaired) electrons. The van der Waals surface area contributed by atoms with E-state index in [1.54, 1.807) is 0 Å². The minimum atomic E-state index is -0.0697. The zero-order valence-corrected chi connectivity index (χ0v) is 22.5. The number of benzene rings is 1. The number of aromatic nitrogens is 4. The lowest BCUT2D eigenvalue weighted by Crippen LogP contribution is -2.48. The molecule has 1 aliphatic heterocycles. The van der Waals surface area contributed by atoms with Gasteiger partial charge in [0.1, 0.15) is 5.82 Å². The highest BCUT2D eigenvalue weighted by molar-refractivity contribution is 5.96. The lowest BCUT2D eigenvalue weighted by Gasteiger charge is -2.35. The molecule has 0 aliphatic carbocycles. The van der Waals surface area contributed by atoms with Crippen LogP contribution in [0.4, 0.5) is 0 Å². The van der Waals surface area contributed by atoms with Gasteiger partial charge in [0, 0.05) is 51.9 Å². The standard InChI is InChI=1S/C27H39N7O2/c1-19-25(20(2)34(30-19)12-11-28-21(3)35)26(36)32-15-13-31(14-16-32)17-24-29-22-9-7-8-10-23(22)33(24)18-27(4,5)6/h7-10H,11-18H2,1-6H3,(H,28,35). The van der Waals surface area contributed by atoms with Gasteiger partial charge in [0.25, 0.3) is 5.91 Å². The fraction of sp³-hybridized carbons (Fsp3) is 0.556. The number of piperazine rings is 1. The number of para-hydroxylation sites is 2. The van der Waals surface area contributed by atoms with Gasteiger partial charge in [0.2, 0.25) is 5.91 Å². The summed E-state index contributed by atoms with van der Waals surface area (Å²) in [6, 6.07) is 8.34. The van der Waals surface area contributed by atoms with Crippen LogP contribution in [0.1, 0.15) is 55.3 Å². The monoisotopic (exact) mass is 493 g/mol. The smallest absolute Gasteiger partial charge is 0.257 e. The van der Waals surface area contributed by atoms with E-state index in [2.05, 4.69) is 58.9 Å². The Kier molecular flexibility index (Phi) is 7.49. The third-order valence-corrected chi connectivity index (χ3v) is 6.68. The Labute approximate surface area is 213 Å². The maximum absolute atomic E-state index is 13.4. The molecule has 0 spiro atoms. The Hall–Kier alpha value is -3.20. The van der Waals surface area contributed by atoms with Crippen molar-refractivity contribution in [3.05, 3.63) is 47.0 Å². The summed E-state index contributed by atoms with van der Waals surface area (Å²) in [4.78, 5) is 33.8. The molecule has 2 amide bonds. The number of carbonyl (C=O) groups is 2. The molecule has 9 nitrogen and oxygen atoms in total. The molecular weight excluding hydrogens is 454 g/mol. The first-order valence-corrected chi connectivity index (χ1v) is 12.8. The van der Waals surface area contributed by atoms with Gasteiger partial charge < -0.3 is 14.8 Å². The molecule has 2 aromatic heterocycles. The number of fused-ring (bicyclic) bond motifs is 1. The second-order valence-corrected chi connectivity index (χ2v) is 11.0. The average Bonchev–Trinajstić information content (AvgIpc) is 3.28. The summed E-state index contributed by atoms with van der Waals surface area (Å²) in [5.74, 6) is 1.05. The highest BCUT2D eigenvalue weighted by Gasteiger charge is 2.28. The number of rotatable bonds is 7. The maximum Gasteiger partial charge on any atom is 0.257 e. The molecule has 194 valence electrons. The molecule has 1 saturated heterocycles. The lowest BCUT2D eigenvalue weighted by atomic mass is 9.96. The highest BCUT2D eigenvalue weighted by Crippen LogP contribution is 2.24. The average molecular weight is 494 g/mol. The summed E-state index contributed by atoms with van der Waals surface area (Å²) < 4.78 is 4.17. The zero-order chi connectivity index (χ0) is 26.0. The topological polar surface area (TPSA) is 88.3 Å². The van der Waals surface area contributed by atoms with Gasteiger partial charge >= 0.3 is 0 Å². The molecule has 9 heteroatoms. The van der Waals surface area contributed by atoms with Crippen molar-refractivity contribution in [3.8, 4) is 0 Å². The van der Waals surface area contributed by atoms with Crippen molar-refractivity contribution in [1.82, 2.24) is 34.4 Å². The van der Waals surface area contributed by atoms with Crippen molar-refractivity contribution in [2.24, 2.45) is 5.41 Å². The molecule has 1 N–H and O–H groups in total. The van der Waals surface area contributed by atoms with Gasteiger partial charge in [-0.3, -0.25) is 19.2 Å². The van der Waals surface area contributed by atoms with Crippen LogP contribution >= 0.6 is 0 Å². The van der Waals surface area contributed by atoms with Gasteiger partial charge in [0.05, 0.1) is 35.4 Å². The largest absolute Gasteiger partial charge is 0.354 e. The zero-order valence-electron chi connectivity index (χ0n) is 22.5. The molecule has 1 aliphatic rings. The van der Waals surface area contributed by atoms with E-state index in [0.717, 1.165) is 48.9 Å². The van der Waals surface area contributed by atoms with Crippen LogP contribution in [0.3, 0.4) is 0 Å². The fourth-order valence-corrected chi connectivity index (χ4v) is 4.93. The minimum absolute atomic E-state index is 0.0374. The van der Waals surface area contributed by atoms with Crippen molar-refractivity contribution in [3.63, 3.8) is 0 Å². The van der Waals surface area contributed by atoms with Crippen molar-refractivity contribution >= 4 is 22.8 Å². The van der Waals surface area contributed by atoms with E-state index < -0.39 is 0 Å². The van der Waals surface area contributed by atoms with Crippen LogP contribution in [0.5, 0.6) is 0 Å². The summed E-state index contributed by atoms with van der Waals surface area (Å²) in [5.41, 5.74) is 4.62. The fourth-order valence-electron chi connectivity index (χ4n) is 4.93. The molecule has 1 fully saturated rings. The SMILES string of the molecule is CC(=O)NCCn1nc(C)c(C(=O)N2CCN(Cc3nc4ccccc4n3CC(C)(C)C)CC2)c1C. The highest BCUT2D eigenvalue weighted by atomic mass is 16.2. The van der Waals surface area contributed by atoms with Crippen molar-refractivity contribution in [1.29, 1.82) is 0 Å². The van der Waals surface area contributed by atoms with E-state index in [4.69, 9.17) is 4.98 Å². The van der Waals surface area contributed by atoms with Crippen LogP contribution in [-0.4, -0.2) is 73.7 Å². The molecule has 0 bridgehead atoms. The van der Waals surface area contributed by atoms with Crippen molar-refractivity contribution in [2.75, 3.05) is 32.7 Å². The second kappa shape index (κ2) is 10.4. The van der Waals surface area contributed by atoms with E-state index in [-0.39, 0.29) is 17.2 Å². The summed E-state index contributed by atoms with van der Waals surface area (Å²) in [7, 11) is 0. The maximum atomic E-state index is 13.4. The Bertz CT molecular complexity index is 1240. The number of nitrogens with one attached hydrogen (secondary N) is 1. The first kappa shape index (κ1) is 25.9.